The maximum Gasteiger partial charge on any atom is 0.271 e. The van der Waals surface area contributed by atoms with Crippen molar-refractivity contribution in [1.82, 2.24) is 0 Å². The maximum absolute atomic E-state index is 6.14. The molecule has 0 aliphatic heterocycles. The first-order chi connectivity index (χ1) is 19.6. The SMILES string of the molecule is CC(CCOC(OCCC(C)CCc1ccccc1)OCCC(C)CCc1ccccc1)CCc1ccccc1. The topological polar surface area (TPSA) is 27.7 Å². The molecule has 0 aliphatic rings. The number of rotatable bonds is 21. The van der Waals surface area contributed by atoms with Crippen LogP contribution in [0.5, 0.6) is 0 Å². The van der Waals surface area contributed by atoms with Crippen molar-refractivity contribution >= 4 is 0 Å². The number of hydrogen-bond acceptors (Lipinski definition) is 3. The molecular weight excluding hydrogens is 492 g/mol. The lowest BCUT2D eigenvalue weighted by molar-refractivity contribution is -0.290. The van der Waals surface area contributed by atoms with Gasteiger partial charge in [0.2, 0.25) is 0 Å². The van der Waals surface area contributed by atoms with Gasteiger partial charge in [-0.1, -0.05) is 112 Å². The van der Waals surface area contributed by atoms with Crippen LogP contribution in [-0.2, 0) is 33.5 Å². The van der Waals surface area contributed by atoms with E-state index in [2.05, 4.69) is 112 Å². The van der Waals surface area contributed by atoms with E-state index >= 15 is 0 Å². The second kappa shape index (κ2) is 19.6. The van der Waals surface area contributed by atoms with E-state index in [0.29, 0.717) is 37.6 Å². The van der Waals surface area contributed by atoms with E-state index in [4.69, 9.17) is 14.2 Å². The van der Waals surface area contributed by atoms with E-state index < -0.39 is 6.48 Å². The van der Waals surface area contributed by atoms with Crippen molar-refractivity contribution in [2.45, 2.75) is 85.0 Å². The summed E-state index contributed by atoms with van der Waals surface area (Å²) in [5, 5.41) is 0. The van der Waals surface area contributed by atoms with E-state index in [-0.39, 0.29) is 0 Å². The van der Waals surface area contributed by atoms with Crippen molar-refractivity contribution in [1.29, 1.82) is 0 Å². The van der Waals surface area contributed by atoms with Gasteiger partial charge in [0.1, 0.15) is 0 Å². The van der Waals surface area contributed by atoms with Gasteiger partial charge in [-0.25, -0.2) is 0 Å². The summed E-state index contributed by atoms with van der Waals surface area (Å²) in [5.74, 6) is 1.78. The molecular formula is C37H52O3. The Morgan fingerprint density at radius 3 is 0.950 bits per heavy atom. The lowest BCUT2D eigenvalue weighted by Crippen LogP contribution is -2.24. The zero-order valence-electron chi connectivity index (χ0n) is 25.2. The van der Waals surface area contributed by atoms with Crippen LogP contribution in [0.4, 0.5) is 0 Å². The maximum atomic E-state index is 6.14. The molecule has 0 radical (unpaired) electrons. The summed E-state index contributed by atoms with van der Waals surface area (Å²) in [4.78, 5) is 0. The summed E-state index contributed by atoms with van der Waals surface area (Å²) < 4.78 is 18.4. The average molecular weight is 545 g/mol. The molecule has 0 aromatic heterocycles. The second-order valence-electron chi connectivity index (χ2n) is 11.7. The molecule has 0 N–H and O–H groups in total. The lowest BCUT2D eigenvalue weighted by Gasteiger charge is -2.22. The third-order valence-electron chi connectivity index (χ3n) is 7.90. The molecule has 40 heavy (non-hydrogen) atoms. The van der Waals surface area contributed by atoms with Gasteiger partial charge in [-0.15, -0.1) is 0 Å². The zero-order valence-corrected chi connectivity index (χ0v) is 25.2. The van der Waals surface area contributed by atoms with Crippen molar-refractivity contribution in [2.24, 2.45) is 17.8 Å². The van der Waals surface area contributed by atoms with Crippen LogP contribution in [0.3, 0.4) is 0 Å². The van der Waals surface area contributed by atoms with E-state index in [1.165, 1.54) is 16.7 Å². The van der Waals surface area contributed by atoms with Crippen molar-refractivity contribution in [2.75, 3.05) is 19.8 Å². The van der Waals surface area contributed by atoms with Gasteiger partial charge in [0.15, 0.2) is 0 Å². The number of benzene rings is 3. The average Bonchev–Trinajstić information content (AvgIpc) is 2.99. The molecule has 3 atom stereocenters. The Morgan fingerprint density at radius 2 is 0.675 bits per heavy atom. The van der Waals surface area contributed by atoms with Crippen LogP contribution in [0.25, 0.3) is 0 Å². The first-order valence-electron chi connectivity index (χ1n) is 15.5. The third kappa shape index (κ3) is 14.3. The molecule has 0 saturated heterocycles. The van der Waals surface area contributed by atoms with E-state index in [1.54, 1.807) is 0 Å². The Hall–Kier alpha value is -2.46. The molecule has 0 heterocycles. The summed E-state index contributed by atoms with van der Waals surface area (Å²) in [7, 11) is 0. The molecule has 3 aromatic rings. The van der Waals surface area contributed by atoms with Crippen LogP contribution in [-0.4, -0.2) is 26.3 Å². The van der Waals surface area contributed by atoms with Gasteiger partial charge < -0.3 is 14.2 Å². The Bertz CT molecular complexity index is 860. The monoisotopic (exact) mass is 544 g/mol. The minimum Gasteiger partial charge on any atom is -0.330 e. The van der Waals surface area contributed by atoms with Crippen LogP contribution < -0.4 is 0 Å². The Kier molecular flexibility index (Phi) is 15.7. The van der Waals surface area contributed by atoms with Crippen LogP contribution in [0, 0.1) is 17.8 Å². The first-order valence-corrected chi connectivity index (χ1v) is 15.5. The highest BCUT2D eigenvalue weighted by atomic mass is 16.8. The molecule has 3 nitrogen and oxygen atoms in total. The van der Waals surface area contributed by atoms with Gasteiger partial charge in [0, 0.05) is 0 Å². The Labute approximate surface area is 244 Å². The van der Waals surface area contributed by atoms with Gasteiger partial charge in [-0.05, 0) is 92.2 Å². The van der Waals surface area contributed by atoms with E-state index in [9.17, 15) is 0 Å². The molecule has 3 unspecified atom stereocenters. The standard InChI is InChI=1S/C37H52O3/c1-31(19-22-34-13-7-4-8-14-34)25-28-38-37(39-29-26-32(2)20-23-35-15-9-5-10-16-35)40-30-27-33(3)21-24-36-17-11-6-12-18-36/h4-18,31-33,37H,19-30H2,1-3H3. The minimum absolute atomic E-state index is 0.580. The van der Waals surface area contributed by atoms with Crippen molar-refractivity contribution in [3.63, 3.8) is 0 Å². The van der Waals surface area contributed by atoms with Crippen LogP contribution >= 0.6 is 0 Å². The normalized spacial score (nSPS) is 14.5. The fourth-order valence-corrected chi connectivity index (χ4v) is 4.85. The summed E-state index contributed by atoms with van der Waals surface area (Å²) in [5.41, 5.74) is 4.22. The van der Waals surface area contributed by atoms with Gasteiger partial charge in [0.05, 0.1) is 19.8 Å². The molecule has 0 spiro atoms. The second-order valence-corrected chi connectivity index (χ2v) is 11.7. The molecule has 218 valence electrons. The molecule has 0 saturated carbocycles. The number of ether oxygens (including phenoxy) is 3. The zero-order chi connectivity index (χ0) is 28.3. The van der Waals surface area contributed by atoms with Crippen LogP contribution in [0.2, 0.25) is 0 Å². The van der Waals surface area contributed by atoms with E-state index in [0.717, 1.165) is 57.8 Å². The Balaban J connectivity index is 1.36. The fraction of sp³-hybridized carbons (Fsp3) is 0.514. The fourth-order valence-electron chi connectivity index (χ4n) is 4.85. The number of aryl methyl sites for hydroxylation is 3. The van der Waals surface area contributed by atoms with Crippen LogP contribution in [0.1, 0.15) is 76.0 Å². The largest absolute Gasteiger partial charge is 0.330 e. The highest BCUT2D eigenvalue weighted by Crippen LogP contribution is 2.17. The van der Waals surface area contributed by atoms with Gasteiger partial charge in [0.25, 0.3) is 6.48 Å². The number of hydrogen-bond donors (Lipinski definition) is 0. The molecule has 3 heteroatoms. The molecule has 0 amide bonds. The highest BCUT2D eigenvalue weighted by Gasteiger charge is 2.14. The molecule has 0 bridgehead atoms. The van der Waals surface area contributed by atoms with Crippen LogP contribution in [0.15, 0.2) is 91.0 Å². The lowest BCUT2D eigenvalue weighted by atomic mass is 9.99. The van der Waals surface area contributed by atoms with Crippen molar-refractivity contribution in [3.8, 4) is 0 Å². The predicted molar refractivity (Wildman–Crippen MR) is 167 cm³/mol. The van der Waals surface area contributed by atoms with Gasteiger partial charge in [-0.2, -0.15) is 0 Å². The quantitative estimate of drug-likeness (QED) is 0.125. The molecule has 3 aromatic carbocycles. The molecule has 0 fully saturated rings. The predicted octanol–water partition coefficient (Wildman–Crippen LogP) is 9.30. The summed E-state index contributed by atoms with van der Waals surface area (Å²) in [6, 6.07) is 32.2. The molecule has 3 rings (SSSR count). The van der Waals surface area contributed by atoms with Gasteiger partial charge in [-0.3, -0.25) is 0 Å². The van der Waals surface area contributed by atoms with Crippen molar-refractivity contribution in [3.05, 3.63) is 108 Å². The Morgan fingerprint density at radius 1 is 0.400 bits per heavy atom. The first kappa shape index (κ1) is 32.1. The van der Waals surface area contributed by atoms with E-state index in [1.807, 2.05) is 0 Å². The smallest absolute Gasteiger partial charge is 0.271 e. The summed E-state index contributed by atoms with van der Waals surface area (Å²) in [6.07, 6.45) is 9.86. The summed E-state index contributed by atoms with van der Waals surface area (Å²) in [6.45, 7) is 8.34. The van der Waals surface area contributed by atoms with Crippen molar-refractivity contribution < 1.29 is 14.2 Å². The summed E-state index contributed by atoms with van der Waals surface area (Å²) >= 11 is 0. The minimum atomic E-state index is -0.580. The third-order valence-corrected chi connectivity index (χ3v) is 7.90. The van der Waals surface area contributed by atoms with Gasteiger partial charge >= 0.3 is 0 Å². The highest BCUT2D eigenvalue weighted by molar-refractivity contribution is 5.16. The molecule has 0 aliphatic carbocycles.